The van der Waals surface area contributed by atoms with Gasteiger partial charge in [-0.15, -0.1) is 0 Å². The number of hydrogen-bond donors (Lipinski definition) is 1. The van der Waals surface area contributed by atoms with Crippen molar-refractivity contribution >= 4 is 5.84 Å². The molecule has 0 bridgehead atoms. The molecule has 0 amide bonds. The van der Waals surface area contributed by atoms with Crippen molar-refractivity contribution in [1.29, 1.82) is 0 Å². The minimum Gasteiger partial charge on any atom is -0.387 e. The molecule has 2 N–H and O–H groups in total. The van der Waals surface area contributed by atoms with E-state index < -0.39 is 0 Å². The maximum atomic E-state index is 5.84. The summed E-state index contributed by atoms with van der Waals surface area (Å²) < 4.78 is 5.65. The first-order valence-corrected chi connectivity index (χ1v) is 5.96. The maximum absolute atomic E-state index is 5.84. The van der Waals surface area contributed by atoms with E-state index in [0.717, 1.165) is 31.7 Å². The van der Waals surface area contributed by atoms with Gasteiger partial charge in [-0.25, -0.2) is 0 Å². The molecule has 3 nitrogen and oxygen atoms in total. The van der Waals surface area contributed by atoms with Crippen molar-refractivity contribution in [1.82, 2.24) is 0 Å². The average Bonchev–Trinajstić information content (AvgIpc) is 2.17. The van der Waals surface area contributed by atoms with Crippen LogP contribution in [0.5, 0.6) is 0 Å². The number of amidine groups is 1. The molecule has 0 radical (unpaired) electrons. The fourth-order valence-corrected chi connectivity index (χ4v) is 2.09. The lowest BCUT2D eigenvalue weighted by Gasteiger charge is -2.49. The molecule has 0 heterocycles. The number of ether oxygens (including phenoxy) is 1. The van der Waals surface area contributed by atoms with Crippen LogP contribution in [0.3, 0.4) is 0 Å². The molecule has 1 saturated carbocycles. The molecule has 1 rings (SSSR count). The van der Waals surface area contributed by atoms with Crippen LogP contribution in [0.25, 0.3) is 0 Å². The van der Waals surface area contributed by atoms with Crippen molar-refractivity contribution < 1.29 is 4.74 Å². The summed E-state index contributed by atoms with van der Waals surface area (Å²) in [5.41, 5.74) is 5.99. The van der Waals surface area contributed by atoms with Crippen molar-refractivity contribution in [3.63, 3.8) is 0 Å². The first-order chi connectivity index (χ1) is 7.02. The molecule has 1 fully saturated rings. The fraction of sp³-hybridized carbons (Fsp3) is 0.917. The first-order valence-electron chi connectivity index (χ1n) is 5.96. The lowest BCUT2D eigenvalue weighted by molar-refractivity contribution is -0.103. The smallest absolute Gasteiger partial charge is 0.0940 e. The highest BCUT2D eigenvalue weighted by Gasteiger charge is 2.48. The van der Waals surface area contributed by atoms with Gasteiger partial charge in [-0.2, -0.15) is 0 Å². The largest absolute Gasteiger partial charge is 0.387 e. The third kappa shape index (κ3) is 2.71. The molecule has 2 unspecified atom stereocenters. The molecule has 0 aliphatic heterocycles. The highest BCUT2D eigenvalue weighted by Crippen LogP contribution is 2.44. The van der Waals surface area contributed by atoms with Crippen molar-refractivity contribution in [2.24, 2.45) is 16.1 Å². The summed E-state index contributed by atoms with van der Waals surface area (Å²) >= 11 is 0. The second-order valence-electron chi connectivity index (χ2n) is 4.89. The lowest BCUT2D eigenvalue weighted by atomic mass is 9.64. The standard InChI is InChI=1S/C12H24N2O/c1-5-7-11(13)14-9-8-10(15-6-2)12(9,3)4/h9-10H,5-8H2,1-4H3,(H2,13,14). The van der Waals surface area contributed by atoms with E-state index in [2.05, 4.69) is 25.8 Å². The summed E-state index contributed by atoms with van der Waals surface area (Å²) in [6, 6.07) is 0.348. The van der Waals surface area contributed by atoms with Gasteiger partial charge in [0.1, 0.15) is 0 Å². The van der Waals surface area contributed by atoms with E-state index in [1.165, 1.54) is 0 Å². The summed E-state index contributed by atoms with van der Waals surface area (Å²) in [5.74, 6) is 0.797. The van der Waals surface area contributed by atoms with Crippen molar-refractivity contribution in [3.8, 4) is 0 Å². The van der Waals surface area contributed by atoms with Crippen molar-refractivity contribution in [2.45, 2.75) is 59.1 Å². The summed E-state index contributed by atoms with van der Waals surface area (Å²) in [6.07, 6.45) is 3.35. The molecule has 0 aromatic rings. The lowest BCUT2D eigenvalue weighted by Crippen LogP contribution is -2.54. The van der Waals surface area contributed by atoms with Crippen LogP contribution in [0.2, 0.25) is 0 Å². The second-order valence-corrected chi connectivity index (χ2v) is 4.89. The van der Waals surface area contributed by atoms with E-state index in [4.69, 9.17) is 10.5 Å². The van der Waals surface area contributed by atoms with Gasteiger partial charge in [0.15, 0.2) is 0 Å². The van der Waals surface area contributed by atoms with Gasteiger partial charge in [0.2, 0.25) is 0 Å². The SMILES string of the molecule is CCCC(N)=NC1CC(OCC)C1(C)C. The molecule has 0 saturated heterocycles. The Bertz CT molecular complexity index is 236. The van der Waals surface area contributed by atoms with Gasteiger partial charge >= 0.3 is 0 Å². The van der Waals surface area contributed by atoms with E-state index in [-0.39, 0.29) is 5.41 Å². The van der Waals surface area contributed by atoms with Crippen LogP contribution in [0.1, 0.15) is 47.0 Å². The molecule has 3 heteroatoms. The maximum Gasteiger partial charge on any atom is 0.0940 e. The Morgan fingerprint density at radius 1 is 1.47 bits per heavy atom. The van der Waals surface area contributed by atoms with Gasteiger partial charge in [-0.3, -0.25) is 4.99 Å². The van der Waals surface area contributed by atoms with Gasteiger partial charge in [0.25, 0.3) is 0 Å². The first kappa shape index (κ1) is 12.5. The molecule has 1 aliphatic carbocycles. The Labute approximate surface area is 93.1 Å². The molecule has 0 spiro atoms. The van der Waals surface area contributed by atoms with Crippen LogP contribution >= 0.6 is 0 Å². The average molecular weight is 212 g/mol. The molecular weight excluding hydrogens is 188 g/mol. The number of nitrogens with two attached hydrogens (primary N) is 1. The summed E-state index contributed by atoms with van der Waals surface area (Å²) in [4.78, 5) is 4.57. The third-order valence-corrected chi connectivity index (χ3v) is 3.32. The number of nitrogens with zero attached hydrogens (tertiary/aromatic N) is 1. The zero-order chi connectivity index (χ0) is 11.5. The van der Waals surface area contributed by atoms with Crippen molar-refractivity contribution in [2.75, 3.05) is 6.61 Å². The summed E-state index contributed by atoms with van der Waals surface area (Å²) in [5, 5.41) is 0. The van der Waals surface area contributed by atoms with Crippen LogP contribution in [-0.2, 0) is 4.74 Å². The zero-order valence-corrected chi connectivity index (χ0v) is 10.4. The number of rotatable bonds is 5. The van der Waals surface area contributed by atoms with Crippen LogP contribution in [0.15, 0.2) is 4.99 Å². The fourth-order valence-electron chi connectivity index (χ4n) is 2.09. The third-order valence-electron chi connectivity index (χ3n) is 3.32. The predicted octanol–water partition coefficient (Wildman–Crippen LogP) is 2.35. The predicted molar refractivity (Wildman–Crippen MR) is 64.1 cm³/mol. The van der Waals surface area contributed by atoms with Crippen LogP contribution in [0.4, 0.5) is 0 Å². The minimum absolute atomic E-state index is 0.147. The molecule has 2 atom stereocenters. The summed E-state index contributed by atoms with van der Waals surface area (Å²) in [6.45, 7) is 9.37. The van der Waals surface area contributed by atoms with E-state index >= 15 is 0 Å². The number of aliphatic imine (C=N–C) groups is 1. The van der Waals surface area contributed by atoms with Gasteiger partial charge in [0.05, 0.1) is 18.0 Å². The normalized spacial score (nSPS) is 30.0. The van der Waals surface area contributed by atoms with E-state index in [1.54, 1.807) is 0 Å². The topological polar surface area (TPSA) is 47.6 Å². The van der Waals surface area contributed by atoms with E-state index in [9.17, 15) is 0 Å². The molecule has 15 heavy (non-hydrogen) atoms. The van der Waals surface area contributed by atoms with Gasteiger partial charge < -0.3 is 10.5 Å². The Kier molecular flexibility index (Phi) is 4.14. The van der Waals surface area contributed by atoms with Crippen LogP contribution in [0, 0.1) is 5.41 Å². The minimum atomic E-state index is 0.147. The van der Waals surface area contributed by atoms with Gasteiger partial charge in [0, 0.05) is 18.4 Å². The highest BCUT2D eigenvalue weighted by molar-refractivity contribution is 5.80. The molecule has 88 valence electrons. The van der Waals surface area contributed by atoms with E-state index in [0.29, 0.717) is 12.1 Å². The monoisotopic (exact) mass is 212 g/mol. The highest BCUT2D eigenvalue weighted by atomic mass is 16.5. The molecule has 0 aromatic heterocycles. The number of hydrogen-bond acceptors (Lipinski definition) is 2. The zero-order valence-electron chi connectivity index (χ0n) is 10.4. The molecule has 0 aromatic carbocycles. The summed E-state index contributed by atoms with van der Waals surface area (Å²) in [7, 11) is 0. The second kappa shape index (κ2) is 4.97. The molecular formula is C12H24N2O. The van der Waals surface area contributed by atoms with Crippen LogP contribution < -0.4 is 5.73 Å². The Balaban J connectivity index is 2.51. The Hall–Kier alpha value is -0.570. The van der Waals surface area contributed by atoms with E-state index in [1.807, 2.05) is 6.92 Å². The van der Waals surface area contributed by atoms with Gasteiger partial charge in [-0.1, -0.05) is 20.8 Å². The van der Waals surface area contributed by atoms with Crippen molar-refractivity contribution in [3.05, 3.63) is 0 Å². The van der Waals surface area contributed by atoms with Gasteiger partial charge in [-0.05, 0) is 19.8 Å². The van der Waals surface area contributed by atoms with Crippen LogP contribution in [-0.4, -0.2) is 24.6 Å². The quantitative estimate of drug-likeness (QED) is 0.561. The molecule has 1 aliphatic rings. The Morgan fingerprint density at radius 3 is 2.60 bits per heavy atom. The Morgan fingerprint density at radius 2 is 2.13 bits per heavy atom.